The van der Waals surface area contributed by atoms with Gasteiger partial charge in [-0.1, -0.05) is 59.2 Å². The number of ketones is 1. The number of carbonyl (C=O) groups is 5. The van der Waals surface area contributed by atoms with Crippen molar-refractivity contribution in [1.82, 2.24) is 10.2 Å². The summed E-state index contributed by atoms with van der Waals surface area (Å²) in [6.45, 7) is 8.29. The van der Waals surface area contributed by atoms with Gasteiger partial charge in [-0.3, -0.25) is 24.0 Å². The monoisotopic (exact) mass is 679 g/mol. The number of hydrogen-bond acceptors (Lipinski definition) is 7. The van der Waals surface area contributed by atoms with Crippen LogP contribution in [0.15, 0.2) is 30.3 Å². The molecular formula is C34H41F4N3O7. The van der Waals surface area contributed by atoms with Crippen molar-refractivity contribution < 1.29 is 51.0 Å². The lowest BCUT2D eigenvalue weighted by molar-refractivity contribution is -0.147. The molecule has 0 unspecified atom stereocenters. The normalized spacial score (nSPS) is 15.7. The molecule has 0 saturated carbocycles. The summed E-state index contributed by atoms with van der Waals surface area (Å²) < 4.78 is 65.4. The first kappa shape index (κ1) is 38.0. The van der Waals surface area contributed by atoms with Crippen molar-refractivity contribution in [3.8, 4) is 5.75 Å². The number of carbonyl (C=O) groups excluding carboxylic acids is 5. The quantitative estimate of drug-likeness (QED) is 0.151. The zero-order valence-corrected chi connectivity index (χ0v) is 27.6. The number of ether oxygens (including phenoxy) is 2. The molecule has 0 bridgehead atoms. The highest BCUT2D eigenvalue weighted by atomic mass is 19.2. The Labute approximate surface area is 276 Å². The van der Waals surface area contributed by atoms with Crippen molar-refractivity contribution in [1.29, 1.82) is 0 Å². The fourth-order valence-corrected chi connectivity index (χ4v) is 5.05. The van der Waals surface area contributed by atoms with Crippen LogP contribution in [0.2, 0.25) is 0 Å². The van der Waals surface area contributed by atoms with Crippen LogP contribution in [0.25, 0.3) is 0 Å². The van der Waals surface area contributed by atoms with Gasteiger partial charge in [-0.25, -0.2) is 8.78 Å². The smallest absolute Gasteiger partial charge is 0.313 e. The molecule has 2 aromatic carbocycles. The average Bonchev–Trinajstić information content (AvgIpc) is 3.28. The third kappa shape index (κ3) is 10.3. The molecule has 0 radical (unpaired) electrons. The van der Waals surface area contributed by atoms with E-state index < -0.39 is 83.5 Å². The number of likely N-dealkylation sites (tertiary alicyclic amines) is 1. The number of amides is 3. The van der Waals surface area contributed by atoms with Crippen molar-refractivity contribution in [2.45, 2.75) is 71.8 Å². The van der Waals surface area contributed by atoms with E-state index in [1.54, 1.807) is 26.0 Å². The Bertz CT molecular complexity index is 1500. The van der Waals surface area contributed by atoms with Crippen LogP contribution in [-0.4, -0.2) is 66.7 Å². The Balaban J connectivity index is 1.74. The largest absolute Gasteiger partial charge is 0.479 e. The van der Waals surface area contributed by atoms with Gasteiger partial charge in [0.25, 0.3) is 0 Å². The zero-order chi connectivity index (χ0) is 35.8. The number of nitrogens with one attached hydrogen (secondary N) is 2. The van der Waals surface area contributed by atoms with Gasteiger partial charge in [0.15, 0.2) is 23.2 Å². The first-order valence-corrected chi connectivity index (χ1v) is 15.6. The number of para-hydroxylation sites is 1. The maximum atomic E-state index is 14.1. The summed E-state index contributed by atoms with van der Waals surface area (Å²) in [5.74, 6) is -14.1. The molecular weight excluding hydrogens is 638 g/mol. The highest BCUT2D eigenvalue weighted by Crippen LogP contribution is 2.30. The lowest BCUT2D eigenvalue weighted by atomic mass is 9.86. The summed E-state index contributed by atoms with van der Waals surface area (Å²) in [6.07, 6.45) is 0.574. The van der Waals surface area contributed by atoms with Gasteiger partial charge in [-0.2, -0.15) is 8.78 Å². The molecule has 1 saturated heterocycles. The summed E-state index contributed by atoms with van der Waals surface area (Å²) in [5, 5.41) is 5.10. The van der Waals surface area contributed by atoms with Gasteiger partial charge < -0.3 is 25.0 Å². The van der Waals surface area contributed by atoms with Gasteiger partial charge >= 0.3 is 17.8 Å². The third-order valence-corrected chi connectivity index (χ3v) is 7.59. The second-order valence-corrected chi connectivity index (χ2v) is 13.1. The second-order valence-electron chi connectivity index (χ2n) is 13.1. The molecule has 1 heterocycles. The highest BCUT2D eigenvalue weighted by molar-refractivity contribution is 6.39. The van der Waals surface area contributed by atoms with E-state index in [4.69, 9.17) is 9.47 Å². The molecule has 262 valence electrons. The van der Waals surface area contributed by atoms with Gasteiger partial charge in [0.2, 0.25) is 17.5 Å². The molecule has 1 fully saturated rings. The molecule has 10 nitrogen and oxygen atoms in total. The van der Waals surface area contributed by atoms with E-state index in [2.05, 4.69) is 10.6 Å². The predicted octanol–water partition coefficient (Wildman–Crippen LogP) is 4.83. The lowest BCUT2D eigenvalue weighted by Gasteiger charge is -2.26. The Morgan fingerprint density at radius 1 is 0.979 bits per heavy atom. The first-order chi connectivity index (χ1) is 22.5. The molecule has 0 spiro atoms. The standard InChI is InChI=1S/C34H41F4N3O7/c1-19(2)17-47-27(43)15-25(26(42)18-48-30-28(37)22(35)14-23(36)29(30)38)40-31(44)20-10-8-9-13-41(16-20)33(46)32(45)39-24-12-7-6-11-21(24)34(3,4)5/h6-7,11-12,14,19-20,25H,8-10,13,15-18H2,1-5H3,(H,39,45)(H,40,44)/t20-,25-/m0/s1. The van der Waals surface area contributed by atoms with Crippen LogP contribution in [0.3, 0.4) is 0 Å². The van der Waals surface area contributed by atoms with Crippen molar-refractivity contribution in [3.05, 3.63) is 59.2 Å². The van der Waals surface area contributed by atoms with Gasteiger partial charge in [0.1, 0.15) is 12.6 Å². The molecule has 3 rings (SSSR count). The molecule has 2 aromatic rings. The number of anilines is 1. The van der Waals surface area contributed by atoms with Crippen LogP contribution in [0.4, 0.5) is 23.2 Å². The van der Waals surface area contributed by atoms with E-state index in [1.165, 1.54) is 4.90 Å². The molecule has 14 heteroatoms. The van der Waals surface area contributed by atoms with Crippen molar-refractivity contribution >= 4 is 35.2 Å². The van der Waals surface area contributed by atoms with Crippen LogP contribution in [0.1, 0.15) is 65.9 Å². The number of benzene rings is 2. The average molecular weight is 680 g/mol. The van der Waals surface area contributed by atoms with E-state index in [-0.39, 0.29) is 43.5 Å². The third-order valence-electron chi connectivity index (χ3n) is 7.59. The first-order valence-electron chi connectivity index (χ1n) is 15.6. The van der Waals surface area contributed by atoms with Crippen LogP contribution in [-0.2, 0) is 34.1 Å². The van der Waals surface area contributed by atoms with E-state index in [0.29, 0.717) is 18.5 Å². The fourth-order valence-electron chi connectivity index (χ4n) is 5.05. The Morgan fingerprint density at radius 2 is 1.62 bits per heavy atom. The van der Waals surface area contributed by atoms with Crippen LogP contribution in [0, 0.1) is 35.1 Å². The number of Topliss-reactive ketones (excluding diaryl/α,β-unsaturated/α-hetero) is 1. The summed E-state index contributed by atoms with van der Waals surface area (Å²) >= 11 is 0. The van der Waals surface area contributed by atoms with Gasteiger partial charge in [0, 0.05) is 24.8 Å². The summed E-state index contributed by atoms with van der Waals surface area (Å²) in [4.78, 5) is 66.6. The molecule has 0 aromatic heterocycles. The summed E-state index contributed by atoms with van der Waals surface area (Å²) in [5.41, 5.74) is 0.967. The van der Waals surface area contributed by atoms with E-state index in [9.17, 15) is 41.5 Å². The SMILES string of the molecule is CC(C)COC(=O)C[C@H](NC(=O)[C@H]1CCCCN(C(=O)C(=O)Nc2ccccc2C(C)(C)C)C1)C(=O)COc1c(F)c(F)cc(F)c1F. The highest BCUT2D eigenvalue weighted by Gasteiger charge is 2.34. The van der Waals surface area contributed by atoms with Gasteiger partial charge in [-0.15, -0.1) is 0 Å². The predicted molar refractivity (Wildman–Crippen MR) is 167 cm³/mol. The van der Waals surface area contributed by atoms with E-state index in [0.717, 1.165) is 5.56 Å². The number of esters is 1. The molecule has 3 amide bonds. The number of hydrogen-bond donors (Lipinski definition) is 2. The van der Waals surface area contributed by atoms with Crippen molar-refractivity contribution in [3.63, 3.8) is 0 Å². The summed E-state index contributed by atoms with van der Waals surface area (Å²) in [7, 11) is 0. The van der Waals surface area contributed by atoms with Crippen molar-refractivity contribution in [2.24, 2.45) is 11.8 Å². The van der Waals surface area contributed by atoms with Gasteiger partial charge in [-0.05, 0) is 35.8 Å². The van der Waals surface area contributed by atoms with Crippen LogP contribution >= 0.6 is 0 Å². The number of nitrogens with zero attached hydrogens (tertiary/aromatic N) is 1. The Morgan fingerprint density at radius 3 is 2.25 bits per heavy atom. The minimum Gasteiger partial charge on any atom is -0.479 e. The van der Waals surface area contributed by atoms with Crippen LogP contribution < -0.4 is 15.4 Å². The zero-order valence-electron chi connectivity index (χ0n) is 27.6. The fraction of sp³-hybridized carbons (Fsp3) is 0.500. The molecule has 2 atom stereocenters. The molecule has 2 N–H and O–H groups in total. The minimum absolute atomic E-state index is 0.00513. The Kier molecular flexibility index (Phi) is 13.1. The van der Waals surface area contributed by atoms with E-state index in [1.807, 2.05) is 32.9 Å². The number of halogens is 4. The maximum absolute atomic E-state index is 14.1. The Hall–Kier alpha value is -4.49. The molecule has 0 aliphatic carbocycles. The molecule has 1 aliphatic rings. The molecule has 1 aliphatic heterocycles. The van der Waals surface area contributed by atoms with Gasteiger partial charge in [0.05, 0.1) is 18.9 Å². The maximum Gasteiger partial charge on any atom is 0.313 e. The number of rotatable bonds is 11. The lowest BCUT2D eigenvalue weighted by Crippen LogP contribution is -2.49. The summed E-state index contributed by atoms with van der Waals surface area (Å²) in [6, 6.07) is 5.44. The second kappa shape index (κ2) is 16.6. The van der Waals surface area contributed by atoms with Crippen LogP contribution in [0.5, 0.6) is 5.75 Å². The molecule has 48 heavy (non-hydrogen) atoms. The topological polar surface area (TPSA) is 131 Å². The van der Waals surface area contributed by atoms with Crippen molar-refractivity contribution in [2.75, 3.05) is 31.6 Å². The van der Waals surface area contributed by atoms with E-state index >= 15 is 0 Å². The minimum atomic E-state index is -1.87.